The van der Waals surface area contributed by atoms with E-state index >= 15 is 0 Å². The highest BCUT2D eigenvalue weighted by molar-refractivity contribution is 5.88. The number of phenolic OH excluding ortho intramolecular Hbond substituents is 1. The number of rotatable bonds is 3. The summed E-state index contributed by atoms with van der Waals surface area (Å²) in [6.07, 6.45) is -11.5. The van der Waals surface area contributed by atoms with Gasteiger partial charge in [-0.15, -0.1) is 0 Å². The highest BCUT2D eigenvalue weighted by Gasteiger charge is 2.69. The van der Waals surface area contributed by atoms with Crippen molar-refractivity contribution in [2.45, 2.75) is 31.6 Å². The summed E-state index contributed by atoms with van der Waals surface area (Å²) in [6, 6.07) is 1.79. The van der Waals surface area contributed by atoms with Crippen molar-refractivity contribution in [3.63, 3.8) is 0 Å². The molecule has 0 unspecified atom stereocenters. The van der Waals surface area contributed by atoms with Gasteiger partial charge in [0.15, 0.2) is 5.41 Å². The topological polar surface area (TPSA) is 46.5 Å². The van der Waals surface area contributed by atoms with Crippen LogP contribution in [0.3, 0.4) is 0 Å². The molecule has 0 aromatic heterocycles. The summed E-state index contributed by atoms with van der Waals surface area (Å²) >= 11 is 0. The number of carbonyl (C=O) groups is 1. The van der Waals surface area contributed by atoms with Crippen LogP contribution in [0.2, 0.25) is 0 Å². The standard InChI is InChI=1S/C14H12F6O3/c1-7(2)11(22)23-8-4-5-10(21)9(6-8)12(3,13(15,16)17)14(18,19)20/h4-6,21H,1H2,2-3H3. The van der Waals surface area contributed by atoms with Crippen LogP contribution in [0.15, 0.2) is 30.4 Å². The van der Waals surface area contributed by atoms with E-state index in [0.717, 1.165) is 6.07 Å². The first-order chi connectivity index (χ1) is 10.2. The van der Waals surface area contributed by atoms with Gasteiger partial charge in [-0.05, 0) is 32.0 Å². The molecular formula is C14H12F6O3. The molecule has 0 bridgehead atoms. The molecule has 0 atom stereocenters. The second-order valence-electron chi connectivity index (χ2n) is 4.97. The molecule has 0 amide bonds. The average Bonchev–Trinajstić information content (AvgIpc) is 2.37. The molecule has 0 aliphatic carbocycles. The van der Waals surface area contributed by atoms with Crippen LogP contribution >= 0.6 is 0 Å². The van der Waals surface area contributed by atoms with Crippen LogP contribution < -0.4 is 4.74 Å². The van der Waals surface area contributed by atoms with Crippen LogP contribution in [0.4, 0.5) is 26.3 Å². The fourth-order valence-corrected chi connectivity index (χ4v) is 1.64. The third-order valence-electron chi connectivity index (χ3n) is 3.20. The second-order valence-corrected chi connectivity index (χ2v) is 4.97. The molecule has 0 spiro atoms. The van der Waals surface area contributed by atoms with Gasteiger partial charge in [-0.25, -0.2) is 4.79 Å². The molecule has 1 aromatic carbocycles. The summed E-state index contributed by atoms with van der Waals surface area (Å²) in [4.78, 5) is 11.3. The van der Waals surface area contributed by atoms with Gasteiger partial charge >= 0.3 is 18.3 Å². The normalized spacial score (nSPS) is 12.9. The Balaban J connectivity index is 3.50. The minimum absolute atomic E-state index is 0.103. The van der Waals surface area contributed by atoms with Gasteiger partial charge in [0.05, 0.1) is 0 Å². The molecule has 0 saturated carbocycles. The van der Waals surface area contributed by atoms with E-state index in [1.807, 2.05) is 0 Å². The zero-order valence-electron chi connectivity index (χ0n) is 12.0. The summed E-state index contributed by atoms with van der Waals surface area (Å²) in [5.41, 5.74) is -5.91. The van der Waals surface area contributed by atoms with Gasteiger partial charge in [0, 0.05) is 11.1 Å². The molecule has 1 aromatic rings. The Hall–Kier alpha value is -2.19. The molecule has 128 valence electrons. The molecule has 0 aliphatic heterocycles. The smallest absolute Gasteiger partial charge is 0.407 e. The molecule has 1 rings (SSSR count). The minimum atomic E-state index is -5.74. The summed E-state index contributed by atoms with van der Waals surface area (Å²) in [5, 5.41) is 9.48. The van der Waals surface area contributed by atoms with Crippen molar-refractivity contribution in [1.82, 2.24) is 0 Å². The van der Waals surface area contributed by atoms with E-state index in [-0.39, 0.29) is 12.5 Å². The summed E-state index contributed by atoms with van der Waals surface area (Å²) in [5.74, 6) is -2.83. The monoisotopic (exact) mass is 342 g/mol. The predicted octanol–water partition coefficient (Wildman–Crippen LogP) is 4.26. The van der Waals surface area contributed by atoms with Crippen molar-refractivity contribution in [1.29, 1.82) is 0 Å². The fourth-order valence-electron chi connectivity index (χ4n) is 1.64. The highest BCUT2D eigenvalue weighted by atomic mass is 19.4. The van der Waals surface area contributed by atoms with E-state index in [4.69, 9.17) is 0 Å². The Morgan fingerprint density at radius 2 is 1.61 bits per heavy atom. The van der Waals surface area contributed by atoms with Crippen LogP contribution in [0.1, 0.15) is 19.4 Å². The van der Waals surface area contributed by atoms with Crippen molar-refractivity contribution >= 4 is 5.97 Å². The lowest BCUT2D eigenvalue weighted by Crippen LogP contribution is -2.51. The molecular weight excluding hydrogens is 330 g/mol. The third kappa shape index (κ3) is 3.43. The zero-order chi connectivity index (χ0) is 18.2. The maximum absolute atomic E-state index is 13.0. The third-order valence-corrected chi connectivity index (χ3v) is 3.20. The SMILES string of the molecule is C=C(C)C(=O)Oc1ccc(O)c(C(C)(C(F)(F)F)C(F)(F)F)c1. The zero-order valence-corrected chi connectivity index (χ0v) is 12.0. The van der Waals surface area contributed by atoms with Crippen LogP contribution in [0.25, 0.3) is 0 Å². The lowest BCUT2D eigenvalue weighted by molar-refractivity contribution is -0.297. The number of alkyl halides is 6. The molecule has 0 saturated heterocycles. The Morgan fingerprint density at radius 1 is 1.13 bits per heavy atom. The number of halogens is 6. The van der Waals surface area contributed by atoms with Crippen LogP contribution in [0.5, 0.6) is 11.5 Å². The summed E-state index contributed by atoms with van der Waals surface area (Å²) in [7, 11) is 0. The first kappa shape index (κ1) is 18.9. The maximum atomic E-state index is 13.0. The number of esters is 1. The highest BCUT2D eigenvalue weighted by Crippen LogP contribution is 2.54. The van der Waals surface area contributed by atoms with Gasteiger partial charge in [-0.1, -0.05) is 6.58 Å². The van der Waals surface area contributed by atoms with E-state index in [0.29, 0.717) is 12.1 Å². The molecule has 0 aliphatic rings. The number of aromatic hydroxyl groups is 1. The van der Waals surface area contributed by atoms with E-state index in [1.165, 1.54) is 6.92 Å². The molecule has 23 heavy (non-hydrogen) atoms. The van der Waals surface area contributed by atoms with E-state index in [2.05, 4.69) is 11.3 Å². The summed E-state index contributed by atoms with van der Waals surface area (Å²) < 4.78 is 82.8. The van der Waals surface area contributed by atoms with Gasteiger partial charge in [0.25, 0.3) is 0 Å². The molecule has 0 fully saturated rings. The molecule has 1 N–H and O–H groups in total. The Labute approximate surface area is 127 Å². The second kappa shape index (κ2) is 5.78. The number of ether oxygens (including phenoxy) is 1. The number of phenols is 1. The Bertz CT molecular complexity index is 616. The van der Waals surface area contributed by atoms with Gasteiger partial charge < -0.3 is 9.84 Å². The van der Waals surface area contributed by atoms with Gasteiger partial charge in [0.1, 0.15) is 11.5 Å². The van der Waals surface area contributed by atoms with E-state index in [9.17, 15) is 36.2 Å². The molecule has 9 heteroatoms. The molecule has 3 nitrogen and oxygen atoms in total. The minimum Gasteiger partial charge on any atom is -0.508 e. The number of hydrogen-bond donors (Lipinski definition) is 1. The van der Waals surface area contributed by atoms with Crippen LogP contribution in [-0.4, -0.2) is 23.4 Å². The van der Waals surface area contributed by atoms with Gasteiger partial charge in [0.2, 0.25) is 0 Å². The Morgan fingerprint density at radius 3 is 2.00 bits per heavy atom. The lowest BCUT2D eigenvalue weighted by atomic mass is 9.80. The molecule has 0 radical (unpaired) electrons. The average molecular weight is 342 g/mol. The van der Waals surface area contributed by atoms with Crippen molar-refractivity contribution < 1.29 is 41.0 Å². The first-order valence-corrected chi connectivity index (χ1v) is 6.06. The van der Waals surface area contributed by atoms with Crippen LogP contribution in [0, 0.1) is 0 Å². The number of carbonyl (C=O) groups excluding carboxylic acids is 1. The van der Waals surface area contributed by atoms with Crippen LogP contribution in [-0.2, 0) is 10.2 Å². The predicted molar refractivity (Wildman–Crippen MR) is 68.0 cm³/mol. The number of benzene rings is 1. The van der Waals surface area contributed by atoms with Crippen molar-refractivity contribution in [3.8, 4) is 11.5 Å². The van der Waals surface area contributed by atoms with Crippen molar-refractivity contribution in [2.75, 3.05) is 0 Å². The fraction of sp³-hybridized carbons (Fsp3) is 0.357. The lowest BCUT2D eigenvalue weighted by Gasteiger charge is -2.34. The van der Waals surface area contributed by atoms with E-state index < -0.39 is 40.8 Å². The largest absolute Gasteiger partial charge is 0.508 e. The summed E-state index contributed by atoms with van der Waals surface area (Å²) in [6.45, 7) is 4.38. The van der Waals surface area contributed by atoms with Crippen molar-refractivity contribution in [3.05, 3.63) is 35.9 Å². The van der Waals surface area contributed by atoms with Crippen molar-refractivity contribution in [2.24, 2.45) is 0 Å². The molecule has 0 heterocycles. The number of hydrogen-bond acceptors (Lipinski definition) is 3. The van der Waals surface area contributed by atoms with Gasteiger partial charge in [-0.2, -0.15) is 26.3 Å². The first-order valence-electron chi connectivity index (χ1n) is 6.06. The van der Waals surface area contributed by atoms with Gasteiger partial charge in [-0.3, -0.25) is 0 Å². The quantitative estimate of drug-likeness (QED) is 0.386. The van der Waals surface area contributed by atoms with E-state index in [1.54, 1.807) is 0 Å². The Kier molecular flexibility index (Phi) is 4.74. The maximum Gasteiger partial charge on any atom is 0.407 e.